The average Bonchev–Trinajstić information content (AvgIpc) is 3.00. The molecule has 0 fully saturated rings. The summed E-state index contributed by atoms with van der Waals surface area (Å²) >= 11 is 0. The third-order valence-electron chi connectivity index (χ3n) is 5.08. The van der Waals surface area contributed by atoms with E-state index in [1.165, 1.54) is 0 Å². The quantitative estimate of drug-likeness (QED) is 0.508. The van der Waals surface area contributed by atoms with Crippen LogP contribution in [0, 0.1) is 12.3 Å². The summed E-state index contributed by atoms with van der Waals surface area (Å²) in [5.74, 6) is 0.772. The van der Waals surface area contributed by atoms with E-state index >= 15 is 0 Å². The zero-order valence-electron chi connectivity index (χ0n) is 16.5. The second-order valence-electron chi connectivity index (χ2n) is 7.22. The summed E-state index contributed by atoms with van der Waals surface area (Å²) in [6.45, 7) is 3.07. The van der Waals surface area contributed by atoms with Crippen LogP contribution in [0.15, 0.2) is 78.9 Å². The van der Waals surface area contributed by atoms with Crippen LogP contribution in [0.4, 0.5) is 0 Å². The number of rotatable bonds is 7. The van der Waals surface area contributed by atoms with Crippen LogP contribution in [-0.2, 0) is 13.1 Å². The number of nitrogens with one attached hydrogen (secondary N) is 1. The predicted octanol–water partition coefficient (Wildman–Crippen LogP) is 3.72. The van der Waals surface area contributed by atoms with E-state index in [-0.39, 0.29) is 6.61 Å². The molecule has 29 heavy (non-hydrogen) atoms. The number of aliphatic hydroxyl groups is 1. The molecule has 0 unspecified atom stereocenters. The smallest absolute Gasteiger partial charge is 0.203 e. The number of imidazole rings is 1. The van der Waals surface area contributed by atoms with Gasteiger partial charge in [-0.1, -0.05) is 60.7 Å². The zero-order chi connectivity index (χ0) is 20.2. The number of aliphatic hydroxyl groups excluding tert-OH is 1. The van der Waals surface area contributed by atoms with Gasteiger partial charge in [0.05, 0.1) is 24.1 Å². The number of fused-ring (bicyclic) bond motifs is 1. The average molecular weight is 387 g/mol. The van der Waals surface area contributed by atoms with Crippen LogP contribution < -0.4 is 10.4 Å². The summed E-state index contributed by atoms with van der Waals surface area (Å²) in [5, 5.41) is 19.3. The molecule has 0 spiro atoms. The summed E-state index contributed by atoms with van der Waals surface area (Å²) in [5.41, 5.74) is 4.45. The molecule has 5 heteroatoms. The molecule has 0 aliphatic rings. The summed E-state index contributed by atoms with van der Waals surface area (Å²) in [6.07, 6.45) is -0.723. The highest BCUT2D eigenvalue weighted by atomic mass is 16.5. The molecule has 0 radical (unpaired) electrons. The Kier molecular flexibility index (Phi) is 5.49. The topological polar surface area (TPSA) is 63.2 Å². The molecule has 1 aromatic heterocycles. The summed E-state index contributed by atoms with van der Waals surface area (Å²) in [7, 11) is 0. The van der Waals surface area contributed by atoms with Gasteiger partial charge in [0.15, 0.2) is 0 Å². The molecule has 0 bridgehead atoms. The summed E-state index contributed by atoms with van der Waals surface area (Å²) in [6, 6.07) is 25.8. The summed E-state index contributed by atoms with van der Waals surface area (Å²) in [4.78, 5) is 0. The Hall–Kier alpha value is -3.31. The number of aromatic nitrogens is 2. The van der Waals surface area contributed by atoms with Gasteiger partial charge < -0.3 is 19.0 Å². The maximum Gasteiger partial charge on any atom is 0.203 e. The van der Waals surface area contributed by atoms with Crippen LogP contribution >= 0.6 is 0 Å². The first-order valence-corrected chi connectivity index (χ1v) is 9.76. The highest BCUT2D eigenvalue weighted by molar-refractivity contribution is 5.76. The fourth-order valence-electron chi connectivity index (χ4n) is 3.57. The molecule has 0 saturated heterocycles. The van der Waals surface area contributed by atoms with E-state index in [4.69, 9.17) is 10.1 Å². The van der Waals surface area contributed by atoms with Gasteiger partial charge in [-0.25, -0.2) is 0 Å². The number of nitrogens with zero attached hydrogens (tertiary/aromatic N) is 2. The maximum absolute atomic E-state index is 10.6. The summed E-state index contributed by atoms with van der Waals surface area (Å²) < 4.78 is 9.62. The molecule has 1 heterocycles. The van der Waals surface area contributed by atoms with E-state index in [9.17, 15) is 5.11 Å². The Morgan fingerprint density at radius 2 is 1.48 bits per heavy atom. The molecule has 0 amide bonds. The minimum absolute atomic E-state index is 0.176. The standard InChI is InChI=1S/C24H25N3O2/c1-18-9-5-8-14-23(18)29-17-20(28)16-27-22-13-7-6-12-21(22)26(24(27)25)15-19-10-3-2-4-11-19/h2-14,20,25,28H,15-17H2,1H3/t20-/m1/s1. The van der Waals surface area contributed by atoms with Crippen molar-refractivity contribution >= 4 is 11.0 Å². The Morgan fingerprint density at radius 3 is 2.21 bits per heavy atom. The highest BCUT2D eigenvalue weighted by Gasteiger charge is 2.15. The largest absolute Gasteiger partial charge is 0.491 e. The Labute approximate surface area is 169 Å². The number of hydrogen-bond acceptors (Lipinski definition) is 3. The molecule has 0 aliphatic carbocycles. The van der Waals surface area contributed by atoms with E-state index in [2.05, 4.69) is 12.1 Å². The van der Waals surface area contributed by atoms with Crippen molar-refractivity contribution < 1.29 is 9.84 Å². The third kappa shape index (κ3) is 4.10. The van der Waals surface area contributed by atoms with Gasteiger partial charge in [0.2, 0.25) is 5.62 Å². The Morgan fingerprint density at radius 1 is 0.862 bits per heavy atom. The maximum atomic E-state index is 10.6. The normalized spacial score (nSPS) is 12.2. The first-order chi connectivity index (χ1) is 14.1. The van der Waals surface area contributed by atoms with E-state index in [1.807, 2.05) is 82.8 Å². The lowest BCUT2D eigenvalue weighted by molar-refractivity contribution is 0.0918. The first-order valence-electron chi connectivity index (χ1n) is 9.76. The van der Waals surface area contributed by atoms with Crippen LogP contribution in [-0.4, -0.2) is 27.0 Å². The molecule has 0 aliphatic heterocycles. The van der Waals surface area contributed by atoms with Crippen LogP contribution in [0.5, 0.6) is 5.75 Å². The van der Waals surface area contributed by atoms with Gasteiger partial charge in [0.1, 0.15) is 18.5 Å². The van der Waals surface area contributed by atoms with Crippen LogP contribution in [0.2, 0.25) is 0 Å². The SMILES string of the molecule is Cc1ccccc1OC[C@H](O)Cn1c(=N)n(Cc2ccccc2)c2ccccc21. The monoisotopic (exact) mass is 387 g/mol. The van der Waals surface area contributed by atoms with Crippen molar-refractivity contribution in [1.82, 2.24) is 9.13 Å². The molecule has 4 aromatic rings. The number of para-hydroxylation sites is 3. The first kappa shape index (κ1) is 19.0. The van der Waals surface area contributed by atoms with E-state index < -0.39 is 6.10 Å². The van der Waals surface area contributed by atoms with E-state index in [0.717, 1.165) is 27.9 Å². The van der Waals surface area contributed by atoms with E-state index in [1.54, 1.807) is 0 Å². The number of benzene rings is 3. The lowest BCUT2D eigenvalue weighted by Crippen LogP contribution is -2.31. The number of ether oxygens (including phenoxy) is 1. The van der Waals surface area contributed by atoms with Gasteiger partial charge in [0, 0.05) is 0 Å². The number of aryl methyl sites for hydroxylation is 1. The molecular formula is C24H25N3O2. The van der Waals surface area contributed by atoms with Crippen molar-refractivity contribution in [3.8, 4) is 5.75 Å². The minimum atomic E-state index is -0.723. The molecule has 2 N–H and O–H groups in total. The van der Waals surface area contributed by atoms with Crippen LogP contribution in [0.1, 0.15) is 11.1 Å². The van der Waals surface area contributed by atoms with Crippen molar-refractivity contribution in [1.29, 1.82) is 5.41 Å². The highest BCUT2D eigenvalue weighted by Crippen LogP contribution is 2.18. The lowest BCUT2D eigenvalue weighted by Gasteiger charge is -2.15. The predicted molar refractivity (Wildman–Crippen MR) is 114 cm³/mol. The van der Waals surface area contributed by atoms with Crippen molar-refractivity contribution in [2.75, 3.05) is 6.61 Å². The van der Waals surface area contributed by atoms with Crippen LogP contribution in [0.3, 0.4) is 0 Å². The molecule has 1 atom stereocenters. The molecule has 148 valence electrons. The van der Waals surface area contributed by atoms with Crippen molar-refractivity contribution in [2.45, 2.75) is 26.1 Å². The van der Waals surface area contributed by atoms with Gasteiger partial charge in [-0.05, 0) is 36.2 Å². The van der Waals surface area contributed by atoms with Crippen molar-refractivity contribution in [2.24, 2.45) is 0 Å². The van der Waals surface area contributed by atoms with Gasteiger partial charge in [-0.3, -0.25) is 5.41 Å². The number of hydrogen-bond donors (Lipinski definition) is 2. The van der Waals surface area contributed by atoms with Gasteiger partial charge >= 0.3 is 0 Å². The minimum Gasteiger partial charge on any atom is -0.491 e. The van der Waals surface area contributed by atoms with Crippen molar-refractivity contribution in [3.63, 3.8) is 0 Å². The second-order valence-corrected chi connectivity index (χ2v) is 7.22. The molecule has 3 aromatic carbocycles. The molecule has 0 saturated carbocycles. The van der Waals surface area contributed by atoms with Crippen molar-refractivity contribution in [3.05, 3.63) is 95.6 Å². The fourth-order valence-corrected chi connectivity index (χ4v) is 3.57. The Balaban J connectivity index is 1.58. The van der Waals surface area contributed by atoms with Gasteiger partial charge in [-0.2, -0.15) is 0 Å². The lowest BCUT2D eigenvalue weighted by atomic mass is 10.2. The molecule has 5 nitrogen and oxygen atoms in total. The Bertz CT molecular complexity index is 1160. The van der Waals surface area contributed by atoms with Gasteiger partial charge in [-0.15, -0.1) is 0 Å². The molecular weight excluding hydrogens is 362 g/mol. The molecule has 4 rings (SSSR count). The zero-order valence-corrected chi connectivity index (χ0v) is 16.5. The van der Waals surface area contributed by atoms with Crippen LogP contribution in [0.25, 0.3) is 11.0 Å². The fraction of sp³-hybridized carbons (Fsp3) is 0.208. The second kappa shape index (κ2) is 8.37. The van der Waals surface area contributed by atoms with E-state index in [0.29, 0.717) is 18.7 Å². The third-order valence-corrected chi connectivity index (χ3v) is 5.08. The van der Waals surface area contributed by atoms with Gasteiger partial charge in [0.25, 0.3) is 0 Å².